The van der Waals surface area contributed by atoms with Crippen molar-refractivity contribution >= 4 is 47.4 Å². The van der Waals surface area contributed by atoms with Gasteiger partial charge in [0.05, 0.1) is 26.2 Å². The number of hydrogen-bond donors (Lipinski definition) is 10. The topological polar surface area (TPSA) is 324 Å². The first-order chi connectivity index (χ1) is 22.7. The van der Waals surface area contributed by atoms with Crippen LogP contribution in [0, 0.1) is 0 Å². The first kappa shape index (κ1) is 39.8. The van der Waals surface area contributed by atoms with Crippen molar-refractivity contribution in [3.05, 3.63) is 0 Å². The van der Waals surface area contributed by atoms with E-state index in [0.29, 0.717) is 32.2 Å². The summed E-state index contributed by atoms with van der Waals surface area (Å²) in [6.45, 7) is -1.66. The number of unbranched alkanes of at least 4 members (excludes halogenated alkanes) is 1. The number of hydrogen-bond acceptors (Lipinski definition) is 12. The van der Waals surface area contributed by atoms with Crippen molar-refractivity contribution < 1.29 is 58.8 Å². The molecular weight excluding hydrogens is 640 g/mol. The maximum Gasteiger partial charge on any atom is 0.326 e. The minimum absolute atomic E-state index is 0.0390. The van der Waals surface area contributed by atoms with E-state index in [0.717, 1.165) is 9.80 Å². The molecule has 0 radical (unpaired) electrons. The second-order valence-electron chi connectivity index (χ2n) is 11.5. The van der Waals surface area contributed by atoms with E-state index >= 15 is 0 Å². The number of nitrogens with zero attached hydrogens (tertiary/aromatic N) is 2. The molecule has 2 fully saturated rings. The van der Waals surface area contributed by atoms with Crippen molar-refractivity contribution in [1.29, 1.82) is 0 Å². The summed E-state index contributed by atoms with van der Waals surface area (Å²) in [5, 5.41) is 46.8. The lowest BCUT2D eigenvalue weighted by Gasteiger charge is -2.30. The molecule has 0 saturated carbocycles. The third kappa shape index (κ3) is 11.4. The van der Waals surface area contributed by atoms with Crippen LogP contribution in [0.4, 0.5) is 0 Å². The van der Waals surface area contributed by atoms with E-state index in [1.165, 1.54) is 0 Å². The van der Waals surface area contributed by atoms with Crippen LogP contribution >= 0.6 is 0 Å². The van der Waals surface area contributed by atoms with Crippen LogP contribution in [0.1, 0.15) is 51.4 Å². The van der Waals surface area contributed by atoms with E-state index in [1.54, 1.807) is 0 Å². The first-order valence-electron chi connectivity index (χ1n) is 15.7. The van der Waals surface area contributed by atoms with Gasteiger partial charge in [-0.3, -0.25) is 33.6 Å². The van der Waals surface area contributed by atoms with E-state index in [4.69, 9.17) is 11.5 Å². The Morgan fingerprint density at radius 3 is 1.90 bits per heavy atom. The number of carboxylic acid groups (broad SMARTS) is 2. The van der Waals surface area contributed by atoms with Crippen LogP contribution in [0.5, 0.6) is 0 Å². The van der Waals surface area contributed by atoms with E-state index in [1.807, 2.05) is 0 Å². The molecule has 6 amide bonds. The normalized spacial score (nSPS) is 19.8. The maximum absolute atomic E-state index is 13.5. The molecule has 2 aliphatic rings. The summed E-state index contributed by atoms with van der Waals surface area (Å²) >= 11 is 0. The number of carbonyl (C=O) groups is 8. The summed E-state index contributed by atoms with van der Waals surface area (Å²) in [5.74, 6) is -7.71. The van der Waals surface area contributed by atoms with Crippen molar-refractivity contribution in [2.75, 3.05) is 39.4 Å². The maximum atomic E-state index is 13.5. The summed E-state index contributed by atoms with van der Waals surface area (Å²) in [7, 11) is 0. The van der Waals surface area contributed by atoms with Crippen molar-refractivity contribution in [3.63, 3.8) is 0 Å². The Balaban J connectivity index is 2.01. The molecule has 0 unspecified atom stereocenters. The van der Waals surface area contributed by atoms with Crippen LogP contribution in [0.3, 0.4) is 0 Å². The van der Waals surface area contributed by atoms with E-state index in [2.05, 4.69) is 21.3 Å². The molecule has 0 aromatic carbocycles. The fourth-order valence-corrected chi connectivity index (χ4v) is 5.49. The molecule has 2 heterocycles. The molecule has 20 heteroatoms. The molecular formula is C28H46N8O12. The molecule has 6 atom stereocenters. The Morgan fingerprint density at radius 2 is 1.35 bits per heavy atom. The van der Waals surface area contributed by atoms with E-state index in [-0.39, 0.29) is 32.4 Å². The highest BCUT2D eigenvalue weighted by Crippen LogP contribution is 2.21. The highest BCUT2D eigenvalue weighted by atomic mass is 16.4. The fraction of sp³-hybridized carbons (Fsp3) is 0.714. The van der Waals surface area contributed by atoms with Gasteiger partial charge in [-0.05, 0) is 51.5 Å². The number of aliphatic hydroxyl groups is 2. The highest BCUT2D eigenvalue weighted by Gasteiger charge is 2.41. The average Bonchev–Trinajstić information content (AvgIpc) is 3.75. The lowest BCUT2D eigenvalue weighted by Crippen LogP contribution is -2.58. The van der Waals surface area contributed by atoms with Crippen LogP contribution in [0.15, 0.2) is 0 Å². The van der Waals surface area contributed by atoms with Gasteiger partial charge < -0.3 is 63.0 Å². The number of carboxylic acids is 2. The Hall–Kier alpha value is -4.40. The van der Waals surface area contributed by atoms with E-state index < -0.39 is 110 Å². The monoisotopic (exact) mass is 686 g/mol. The third-order valence-corrected chi connectivity index (χ3v) is 8.00. The van der Waals surface area contributed by atoms with Gasteiger partial charge in [0.15, 0.2) is 0 Å². The van der Waals surface area contributed by atoms with Crippen LogP contribution in [-0.4, -0.2) is 153 Å². The molecule has 0 aromatic heterocycles. The van der Waals surface area contributed by atoms with Crippen molar-refractivity contribution in [1.82, 2.24) is 31.1 Å². The summed E-state index contributed by atoms with van der Waals surface area (Å²) in [6, 6.07) is -7.84. The van der Waals surface area contributed by atoms with Crippen LogP contribution in [-0.2, 0) is 38.4 Å². The van der Waals surface area contributed by atoms with Gasteiger partial charge in [0.2, 0.25) is 35.4 Å². The molecule has 0 aliphatic carbocycles. The van der Waals surface area contributed by atoms with Crippen molar-refractivity contribution in [2.45, 2.75) is 87.6 Å². The standard InChI is InChI=1S/C28H46N8O12/c29-8-2-1-5-16(28(47)48)33-23(42)18(14-38)32-21(39)12-31-24(43)19-6-3-10-36(19)27(46)17(11-22(40)41)34-25(44)20-7-4-9-35(20)26(45)15(30)13-37/h15-20,37-38H,1-14,29-30H2,(H,31,43)(H,32,39)(H,33,42)(H,34,44)(H,40,41)(H,47,48)/t15-,16-,17-,18-,19-,20-/m0/s1. The summed E-state index contributed by atoms with van der Waals surface area (Å²) in [4.78, 5) is 102. The Bertz CT molecular complexity index is 1200. The zero-order chi connectivity index (χ0) is 36.0. The lowest BCUT2D eigenvalue weighted by atomic mass is 10.1. The zero-order valence-corrected chi connectivity index (χ0v) is 26.5. The molecule has 0 bridgehead atoms. The Labute approximate surface area is 275 Å². The SMILES string of the molecule is NCCCC[C@H](NC(=O)[C@H](CO)NC(=O)CNC(=O)[C@@H]1CCCN1C(=O)[C@H](CC(=O)O)NC(=O)[C@@H]1CCCN1C(=O)[C@@H](N)CO)C(=O)O. The highest BCUT2D eigenvalue weighted by molar-refractivity contribution is 5.97. The molecule has 20 nitrogen and oxygen atoms in total. The summed E-state index contributed by atoms with van der Waals surface area (Å²) < 4.78 is 0. The van der Waals surface area contributed by atoms with Gasteiger partial charge >= 0.3 is 11.9 Å². The quantitative estimate of drug-likeness (QED) is 0.0567. The second kappa shape index (κ2) is 19.4. The van der Waals surface area contributed by atoms with Gasteiger partial charge in [0, 0.05) is 13.1 Å². The summed E-state index contributed by atoms with van der Waals surface area (Å²) in [5.41, 5.74) is 11.0. The molecule has 0 aromatic rings. The molecule has 2 saturated heterocycles. The predicted octanol–water partition coefficient (Wildman–Crippen LogP) is -5.46. The number of aliphatic hydroxyl groups excluding tert-OH is 2. The lowest BCUT2D eigenvalue weighted by molar-refractivity contribution is -0.147. The number of nitrogens with one attached hydrogen (secondary N) is 4. The first-order valence-corrected chi connectivity index (χ1v) is 15.7. The Kier molecular flexibility index (Phi) is 16.1. The smallest absolute Gasteiger partial charge is 0.326 e. The molecule has 48 heavy (non-hydrogen) atoms. The van der Waals surface area contributed by atoms with Crippen molar-refractivity contribution in [2.24, 2.45) is 11.5 Å². The van der Waals surface area contributed by atoms with Crippen LogP contribution in [0.2, 0.25) is 0 Å². The van der Waals surface area contributed by atoms with E-state index in [9.17, 15) is 58.8 Å². The zero-order valence-electron chi connectivity index (χ0n) is 26.5. The molecule has 270 valence electrons. The van der Waals surface area contributed by atoms with Crippen LogP contribution in [0.25, 0.3) is 0 Å². The van der Waals surface area contributed by atoms with Gasteiger partial charge in [-0.15, -0.1) is 0 Å². The van der Waals surface area contributed by atoms with Crippen molar-refractivity contribution in [3.8, 4) is 0 Å². The number of aliphatic carboxylic acids is 2. The molecule has 0 spiro atoms. The second-order valence-corrected chi connectivity index (χ2v) is 11.5. The van der Waals surface area contributed by atoms with Gasteiger partial charge in [0.25, 0.3) is 0 Å². The molecule has 2 rings (SSSR count). The number of nitrogens with two attached hydrogens (primary N) is 2. The Morgan fingerprint density at radius 1 is 0.750 bits per heavy atom. The van der Waals surface area contributed by atoms with Gasteiger partial charge in [-0.2, -0.15) is 0 Å². The molecule has 2 aliphatic heterocycles. The predicted molar refractivity (Wildman–Crippen MR) is 163 cm³/mol. The van der Waals surface area contributed by atoms with Gasteiger partial charge in [-0.25, -0.2) is 4.79 Å². The minimum Gasteiger partial charge on any atom is -0.481 e. The van der Waals surface area contributed by atoms with Gasteiger partial charge in [0.1, 0.15) is 36.3 Å². The number of likely N-dealkylation sites (tertiary alicyclic amines) is 2. The minimum atomic E-state index is -1.59. The van der Waals surface area contributed by atoms with Crippen LogP contribution < -0.4 is 32.7 Å². The largest absolute Gasteiger partial charge is 0.481 e. The number of amides is 6. The summed E-state index contributed by atoms with van der Waals surface area (Å²) in [6.07, 6.45) is 1.34. The van der Waals surface area contributed by atoms with Gasteiger partial charge in [-0.1, -0.05) is 0 Å². The number of rotatable bonds is 19. The third-order valence-electron chi connectivity index (χ3n) is 8.00. The number of carbonyl (C=O) groups excluding carboxylic acids is 6. The average molecular weight is 687 g/mol. The fourth-order valence-electron chi connectivity index (χ4n) is 5.49. The molecule has 12 N–H and O–H groups in total.